The van der Waals surface area contributed by atoms with Crippen molar-refractivity contribution in [3.8, 4) is 10.6 Å². The summed E-state index contributed by atoms with van der Waals surface area (Å²) in [4.78, 5) is 13.4. The van der Waals surface area contributed by atoms with Crippen LogP contribution in [-0.4, -0.2) is 36.7 Å². The molecule has 0 aromatic carbocycles. The van der Waals surface area contributed by atoms with Gasteiger partial charge in [0, 0.05) is 0 Å². The molecule has 3 N–H and O–H groups in total. The van der Waals surface area contributed by atoms with Gasteiger partial charge in [-0.2, -0.15) is 10.3 Å². The maximum atomic E-state index is 12.6. The largest absolute Gasteiger partial charge is 0.339 e. The summed E-state index contributed by atoms with van der Waals surface area (Å²) in [5.41, 5.74) is 0.595. The predicted octanol–water partition coefficient (Wildman–Crippen LogP) is 1.72. The van der Waals surface area contributed by atoms with E-state index in [1.807, 2.05) is 6.07 Å². The van der Waals surface area contributed by atoms with Gasteiger partial charge in [-0.15, -0.1) is 21.5 Å². The van der Waals surface area contributed by atoms with Gasteiger partial charge in [-0.3, -0.25) is 9.89 Å². The minimum absolute atomic E-state index is 0.226. The Bertz CT molecular complexity index is 820. The molecule has 1 aliphatic rings. The Morgan fingerprint density at radius 2 is 2.27 bits per heavy atom. The summed E-state index contributed by atoms with van der Waals surface area (Å²) < 4.78 is 0.654. The lowest BCUT2D eigenvalue weighted by Crippen LogP contribution is -2.35. The maximum Gasteiger partial charge on any atom is 0.255 e. The zero-order valence-electron chi connectivity index (χ0n) is 11.1. The van der Waals surface area contributed by atoms with E-state index in [2.05, 4.69) is 36.1 Å². The number of carbonyl (C=O) groups is 1. The van der Waals surface area contributed by atoms with Crippen LogP contribution in [0.25, 0.3) is 10.6 Å². The molecule has 0 bridgehead atoms. The van der Waals surface area contributed by atoms with Gasteiger partial charge >= 0.3 is 0 Å². The molecule has 3 aromatic heterocycles. The van der Waals surface area contributed by atoms with Crippen molar-refractivity contribution in [1.29, 1.82) is 0 Å². The molecule has 0 radical (unpaired) electrons. The molecule has 0 saturated heterocycles. The number of nitrogens with zero attached hydrogens (tertiary/aromatic N) is 4. The van der Waals surface area contributed by atoms with Crippen LogP contribution in [0.15, 0.2) is 18.3 Å². The molecule has 4 rings (SSSR count). The fraction of sp³-hybridized carbons (Fsp3) is 0.250. The molecule has 0 aliphatic heterocycles. The number of carbonyl (C=O) groups excluding carboxylic acids is 1. The molecule has 10 heteroatoms. The molecule has 1 fully saturated rings. The van der Waals surface area contributed by atoms with Crippen LogP contribution in [0.3, 0.4) is 0 Å². The lowest BCUT2D eigenvalue weighted by Gasteiger charge is -2.13. The smallest absolute Gasteiger partial charge is 0.255 e. The normalized spacial score (nSPS) is 15.7. The Balaban J connectivity index is 1.61. The minimum atomic E-state index is -0.522. The summed E-state index contributed by atoms with van der Waals surface area (Å²) in [6.07, 6.45) is 3.08. The molecule has 3 aromatic rings. The summed E-state index contributed by atoms with van der Waals surface area (Å²) in [5.74, 6) is 0.278. The zero-order chi connectivity index (χ0) is 15.2. The SMILES string of the molecule is O=C(NC1(c2nn[nH]n2)CC1)c1cn[nH]c1-c1ccc(Cl)s1. The van der Waals surface area contributed by atoms with Gasteiger partial charge in [0.15, 0.2) is 5.82 Å². The van der Waals surface area contributed by atoms with Crippen molar-refractivity contribution < 1.29 is 4.79 Å². The number of aromatic amines is 2. The van der Waals surface area contributed by atoms with Crippen LogP contribution in [0.2, 0.25) is 4.34 Å². The first-order valence-electron chi connectivity index (χ1n) is 6.53. The molecular formula is C12H10ClN7OS. The average Bonchev–Trinajstić information content (AvgIpc) is 3.01. The number of H-pyrrole nitrogens is 2. The number of nitrogens with one attached hydrogen (secondary N) is 3. The molecule has 112 valence electrons. The highest BCUT2D eigenvalue weighted by Crippen LogP contribution is 2.43. The van der Waals surface area contributed by atoms with Gasteiger partial charge in [-0.25, -0.2) is 0 Å². The van der Waals surface area contributed by atoms with E-state index in [4.69, 9.17) is 11.6 Å². The van der Waals surface area contributed by atoms with Crippen LogP contribution in [0.4, 0.5) is 0 Å². The standard InChI is InChI=1S/C12H10ClN7OS/c13-8-2-1-7(22-8)9-6(5-14-16-9)10(21)15-12(3-4-12)11-17-19-20-18-11/h1-2,5H,3-4H2,(H,14,16)(H,15,21)(H,17,18,19,20). The summed E-state index contributed by atoms with van der Waals surface area (Å²) in [6.45, 7) is 0. The molecule has 0 unspecified atom stereocenters. The number of aromatic nitrogens is 6. The number of tetrazole rings is 1. The number of rotatable bonds is 4. The van der Waals surface area contributed by atoms with Gasteiger partial charge in [0.2, 0.25) is 0 Å². The van der Waals surface area contributed by atoms with Crippen molar-refractivity contribution in [2.45, 2.75) is 18.4 Å². The lowest BCUT2D eigenvalue weighted by molar-refractivity contribution is 0.0929. The second kappa shape index (κ2) is 4.89. The summed E-state index contributed by atoms with van der Waals surface area (Å²) in [6, 6.07) is 3.63. The number of hydrogen-bond acceptors (Lipinski definition) is 6. The van der Waals surface area contributed by atoms with Crippen molar-refractivity contribution >= 4 is 28.8 Å². The van der Waals surface area contributed by atoms with Gasteiger partial charge in [-0.1, -0.05) is 16.8 Å². The van der Waals surface area contributed by atoms with Crippen LogP contribution >= 0.6 is 22.9 Å². The first kappa shape index (κ1) is 13.4. The molecule has 22 heavy (non-hydrogen) atoms. The van der Waals surface area contributed by atoms with E-state index in [9.17, 15) is 4.79 Å². The van der Waals surface area contributed by atoms with E-state index in [0.717, 1.165) is 17.7 Å². The van der Waals surface area contributed by atoms with E-state index < -0.39 is 5.54 Å². The van der Waals surface area contributed by atoms with Crippen molar-refractivity contribution in [2.75, 3.05) is 0 Å². The molecule has 1 aliphatic carbocycles. The first-order valence-corrected chi connectivity index (χ1v) is 7.73. The summed E-state index contributed by atoms with van der Waals surface area (Å²) >= 11 is 7.33. The average molecular weight is 336 g/mol. The summed E-state index contributed by atoms with van der Waals surface area (Å²) in [7, 11) is 0. The second-order valence-corrected chi connectivity index (χ2v) is 6.75. The van der Waals surface area contributed by atoms with E-state index in [1.54, 1.807) is 6.07 Å². The first-order chi connectivity index (χ1) is 10.7. The number of halogens is 1. The number of amides is 1. The number of thiophene rings is 1. The number of hydrogen-bond donors (Lipinski definition) is 3. The van der Waals surface area contributed by atoms with E-state index in [-0.39, 0.29) is 5.91 Å². The molecule has 0 spiro atoms. The Labute approximate surface area is 133 Å². The Hall–Kier alpha value is -2.26. The second-order valence-electron chi connectivity index (χ2n) is 5.03. The Kier molecular flexibility index (Phi) is 2.98. The third-order valence-corrected chi connectivity index (χ3v) is 4.83. The van der Waals surface area contributed by atoms with Crippen molar-refractivity contribution in [3.63, 3.8) is 0 Å². The van der Waals surface area contributed by atoms with Crippen LogP contribution in [0, 0.1) is 0 Å². The van der Waals surface area contributed by atoms with Gasteiger partial charge in [0.1, 0.15) is 5.54 Å². The van der Waals surface area contributed by atoms with Gasteiger partial charge < -0.3 is 5.32 Å². The molecule has 1 amide bonds. The van der Waals surface area contributed by atoms with Crippen molar-refractivity contribution in [1.82, 2.24) is 36.1 Å². The third-order valence-electron chi connectivity index (χ3n) is 3.58. The topological polar surface area (TPSA) is 112 Å². The minimum Gasteiger partial charge on any atom is -0.339 e. The molecule has 0 atom stereocenters. The Morgan fingerprint density at radius 1 is 1.41 bits per heavy atom. The fourth-order valence-corrected chi connectivity index (χ4v) is 3.33. The molecule has 1 saturated carbocycles. The quantitative estimate of drug-likeness (QED) is 0.672. The molecular weight excluding hydrogens is 326 g/mol. The molecule has 8 nitrogen and oxygen atoms in total. The Morgan fingerprint density at radius 3 is 2.91 bits per heavy atom. The van der Waals surface area contributed by atoms with Gasteiger partial charge in [0.25, 0.3) is 5.91 Å². The zero-order valence-corrected chi connectivity index (χ0v) is 12.7. The van der Waals surface area contributed by atoms with Gasteiger partial charge in [0.05, 0.1) is 26.7 Å². The third kappa shape index (κ3) is 2.18. The highest BCUT2D eigenvalue weighted by molar-refractivity contribution is 7.19. The van der Waals surface area contributed by atoms with Crippen LogP contribution in [0.1, 0.15) is 29.0 Å². The molecule has 3 heterocycles. The van der Waals surface area contributed by atoms with Crippen LogP contribution < -0.4 is 5.32 Å². The van der Waals surface area contributed by atoms with Crippen LogP contribution in [0.5, 0.6) is 0 Å². The van der Waals surface area contributed by atoms with E-state index >= 15 is 0 Å². The van der Waals surface area contributed by atoms with Crippen LogP contribution in [-0.2, 0) is 5.54 Å². The lowest BCUT2D eigenvalue weighted by atomic mass is 10.1. The van der Waals surface area contributed by atoms with E-state index in [1.165, 1.54) is 17.5 Å². The van der Waals surface area contributed by atoms with Crippen molar-refractivity contribution in [3.05, 3.63) is 34.1 Å². The monoisotopic (exact) mass is 335 g/mol. The summed E-state index contributed by atoms with van der Waals surface area (Å²) in [5, 5.41) is 23.7. The van der Waals surface area contributed by atoms with E-state index in [0.29, 0.717) is 21.4 Å². The maximum absolute atomic E-state index is 12.6. The highest BCUT2D eigenvalue weighted by atomic mass is 35.5. The van der Waals surface area contributed by atoms with Crippen molar-refractivity contribution in [2.24, 2.45) is 0 Å². The fourth-order valence-electron chi connectivity index (χ4n) is 2.27. The highest BCUT2D eigenvalue weighted by Gasteiger charge is 2.49. The predicted molar refractivity (Wildman–Crippen MR) is 79.5 cm³/mol. The van der Waals surface area contributed by atoms with Gasteiger partial charge in [-0.05, 0) is 25.0 Å².